The summed E-state index contributed by atoms with van der Waals surface area (Å²) in [5, 5.41) is 3.52. The van der Waals surface area contributed by atoms with Crippen LogP contribution < -0.4 is 9.62 Å². The van der Waals surface area contributed by atoms with Crippen LogP contribution in [0.2, 0.25) is 10.0 Å². The van der Waals surface area contributed by atoms with Crippen molar-refractivity contribution < 1.29 is 18.0 Å². The van der Waals surface area contributed by atoms with Crippen LogP contribution in [0.3, 0.4) is 0 Å². The molecular formula is C23H28BrCl2N3O4S. The highest BCUT2D eigenvalue weighted by atomic mass is 79.9. The molecule has 0 unspecified atom stereocenters. The van der Waals surface area contributed by atoms with Gasteiger partial charge < -0.3 is 10.2 Å². The molecule has 2 aromatic carbocycles. The molecular weight excluding hydrogens is 565 g/mol. The van der Waals surface area contributed by atoms with Crippen LogP contribution in [0.1, 0.15) is 33.3 Å². The lowest BCUT2D eigenvalue weighted by molar-refractivity contribution is -0.140. The Hall–Kier alpha value is -1.81. The van der Waals surface area contributed by atoms with Crippen LogP contribution in [-0.4, -0.2) is 49.5 Å². The summed E-state index contributed by atoms with van der Waals surface area (Å²) in [6.07, 6.45) is 1.02. The molecule has 1 atom stereocenters. The van der Waals surface area contributed by atoms with E-state index in [1.54, 1.807) is 49.4 Å². The third-order valence-electron chi connectivity index (χ3n) is 4.86. The number of sulfonamides is 1. The van der Waals surface area contributed by atoms with Gasteiger partial charge in [-0.2, -0.15) is 0 Å². The summed E-state index contributed by atoms with van der Waals surface area (Å²) < 4.78 is 26.7. The van der Waals surface area contributed by atoms with Gasteiger partial charge in [0.25, 0.3) is 0 Å². The second-order valence-electron chi connectivity index (χ2n) is 8.86. The number of amides is 2. The summed E-state index contributed by atoms with van der Waals surface area (Å²) in [7, 11) is -3.83. The predicted octanol–water partition coefficient (Wildman–Crippen LogP) is 4.85. The largest absolute Gasteiger partial charge is 0.350 e. The molecule has 7 nitrogen and oxygen atoms in total. The number of halogens is 3. The SMILES string of the molecule is C[C@H](C(=O)NC(C)(C)C)N(Cc1c(Cl)cccc1Cl)C(=O)CN(c1ccccc1Br)S(C)(=O)=O. The number of nitrogens with one attached hydrogen (secondary N) is 1. The zero-order valence-electron chi connectivity index (χ0n) is 19.6. The monoisotopic (exact) mass is 591 g/mol. The Morgan fingerprint density at radius 1 is 1.06 bits per heavy atom. The topological polar surface area (TPSA) is 86.8 Å². The number of rotatable bonds is 8. The van der Waals surface area contributed by atoms with Gasteiger partial charge in [-0.1, -0.05) is 41.4 Å². The summed E-state index contributed by atoms with van der Waals surface area (Å²) in [6.45, 7) is 6.46. The van der Waals surface area contributed by atoms with E-state index in [0.29, 0.717) is 25.8 Å². The quantitative estimate of drug-likeness (QED) is 0.474. The maximum absolute atomic E-state index is 13.6. The van der Waals surface area contributed by atoms with Crippen LogP contribution in [0.15, 0.2) is 46.9 Å². The molecule has 0 aromatic heterocycles. The highest BCUT2D eigenvalue weighted by Crippen LogP contribution is 2.29. The van der Waals surface area contributed by atoms with Gasteiger partial charge in [0.2, 0.25) is 21.8 Å². The van der Waals surface area contributed by atoms with E-state index in [-0.39, 0.29) is 6.54 Å². The van der Waals surface area contributed by atoms with E-state index < -0.39 is 40.0 Å². The maximum Gasteiger partial charge on any atom is 0.244 e. The lowest BCUT2D eigenvalue weighted by atomic mass is 10.1. The zero-order valence-corrected chi connectivity index (χ0v) is 23.5. The van der Waals surface area contributed by atoms with Gasteiger partial charge in [0.05, 0.1) is 11.9 Å². The number of para-hydroxylation sites is 1. The first kappa shape index (κ1) is 28.4. The van der Waals surface area contributed by atoms with Gasteiger partial charge in [-0.15, -0.1) is 0 Å². The maximum atomic E-state index is 13.6. The molecule has 0 saturated heterocycles. The molecule has 1 N–H and O–H groups in total. The molecule has 0 aliphatic carbocycles. The molecule has 0 aliphatic rings. The van der Waals surface area contributed by atoms with Crippen LogP contribution in [0, 0.1) is 0 Å². The van der Waals surface area contributed by atoms with Gasteiger partial charge in [0.1, 0.15) is 12.6 Å². The minimum absolute atomic E-state index is 0.0797. The van der Waals surface area contributed by atoms with Crippen LogP contribution in [-0.2, 0) is 26.2 Å². The molecule has 0 saturated carbocycles. The van der Waals surface area contributed by atoms with Crippen LogP contribution in [0.25, 0.3) is 0 Å². The lowest BCUT2D eigenvalue weighted by Crippen LogP contribution is -2.54. The van der Waals surface area contributed by atoms with E-state index in [1.807, 2.05) is 20.8 Å². The van der Waals surface area contributed by atoms with Crippen molar-refractivity contribution in [3.63, 3.8) is 0 Å². The number of nitrogens with zero attached hydrogens (tertiary/aromatic N) is 2. The molecule has 0 radical (unpaired) electrons. The first-order valence-corrected chi connectivity index (χ1v) is 13.8. The third kappa shape index (κ3) is 7.60. The van der Waals surface area contributed by atoms with Crippen molar-refractivity contribution in [1.29, 1.82) is 0 Å². The van der Waals surface area contributed by atoms with E-state index in [9.17, 15) is 18.0 Å². The molecule has 34 heavy (non-hydrogen) atoms. The van der Waals surface area contributed by atoms with E-state index >= 15 is 0 Å². The fourth-order valence-corrected chi connectivity index (χ4v) is 5.15. The molecule has 0 fully saturated rings. The Bertz CT molecular complexity index is 1150. The first-order chi connectivity index (χ1) is 15.6. The van der Waals surface area contributed by atoms with Crippen LogP contribution >= 0.6 is 39.1 Å². The Morgan fingerprint density at radius 2 is 1.62 bits per heavy atom. The van der Waals surface area contributed by atoms with Gasteiger partial charge in [-0.25, -0.2) is 8.42 Å². The van der Waals surface area contributed by atoms with Crippen molar-refractivity contribution in [3.8, 4) is 0 Å². The minimum atomic E-state index is -3.83. The second-order valence-corrected chi connectivity index (χ2v) is 12.4. The molecule has 2 aromatic rings. The number of hydrogen-bond acceptors (Lipinski definition) is 4. The van der Waals surface area contributed by atoms with E-state index in [0.717, 1.165) is 10.6 Å². The minimum Gasteiger partial charge on any atom is -0.350 e. The van der Waals surface area contributed by atoms with Crippen molar-refractivity contribution >= 4 is 66.7 Å². The van der Waals surface area contributed by atoms with E-state index in [4.69, 9.17) is 23.2 Å². The fraction of sp³-hybridized carbons (Fsp3) is 0.391. The molecule has 0 aliphatic heterocycles. The Kier molecular flexibility index (Phi) is 9.44. The highest BCUT2D eigenvalue weighted by Gasteiger charge is 2.32. The average molecular weight is 593 g/mol. The normalized spacial score (nSPS) is 12.7. The van der Waals surface area contributed by atoms with Crippen molar-refractivity contribution in [2.24, 2.45) is 0 Å². The third-order valence-corrected chi connectivity index (χ3v) is 7.36. The number of benzene rings is 2. The van der Waals surface area contributed by atoms with Crippen molar-refractivity contribution in [1.82, 2.24) is 10.2 Å². The zero-order chi connectivity index (χ0) is 25.8. The summed E-state index contributed by atoms with van der Waals surface area (Å²) in [5.74, 6) is -0.982. The van der Waals surface area contributed by atoms with E-state index in [2.05, 4.69) is 21.2 Å². The summed E-state index contributed by atoms with van der Waals surface area (Å²) in [4.78, 5) is 27.8. The predicted molar refractivity (Wildman–Crippen MR) is 141 cm³/mol. The van der Waals surface area contributed by atoms with E-state index in [1.165, 1.54) is 4.90 Å². The summed E-state index contributed by atoms with van der Waals surface area (Å²) in [6, 6.07) is 10.7. The Labute approximate surface area is 219 Å². The van der Waals surface area contributed by atoms with Crippen LogP contribution in [0.5, 0.6) is 0 Å². The van der Waals surface area contributed by atoms with Crippen molar-refractivity contribution in [2.75, 3.05) is 17.1 Å². The average Bonchev–Trinajstić information content (AvgIpc) is 2.70. The van der Waals surface area contributed by atoms with Crippen molar-refractivity contribution in [2.45, 2.75) is 45.8 Å². The van der Waals surface area contributed by atoms with Gasteiger partial charge >= 0.3 is 0 Å². The van der Waals surface area contributed by atoms with Gasteiger partial charge in [-0.3, -0.25) is 13.9 Å². The second kappa shape index (κ2) is 11.3. The van der Waals surface area contributed by atoms with Gasteiger partial charge in [0, 0.05) is 32.2 Å². The number of carbonyl (C=O) groups is 2. The highest BCUT2D eigenvalue weighted by molar-refractivity contribution is 9.10. The molecule has 0 bridgehead atoms. The molecule has 2 rings (SSSR count). The summed E-state index contributed by atoms with van der Waals surface area (Å²) >= 11 is 16.0. The lowest BCUT2D eigenvalue weighted by Gasteiger charge is -2.33. The fourth-order valence-electron chi connectivity index (χ4n) is 3.16. The summed E-state index contributed by atoms with van der Waals surface area (Å²) in [5.41, 5.74) is 0.234. The number of anilines is 1. The molecule has 2 amide bonds. The van der Waals surface area contributed by atoms with Crippen molar-refractivity contribution in [3.05, 3.63) is 62.5 Å². The molecule has 0 heterocycles. The number of hydrogen-bond donors (Lipinski definition) is 1. The molecule has 11 heteroatoms. The molecule has 0 spiro atoms. The smallest absolute Gasteiger partial charge is 0.244 e. The standard InChI is InChI=1S/C23H28BrCl2N3O4S/c1-15(22(31)27-23(2,3)4)28(13-16-18(25)10-8-11-19(16)26)21(30)14-29(34(5,32)33)20-12-7-6-9-17(20)24/h6-12,15H,13-14H2,1-5H3,(H,27,31)/t15-/m1/s1. The Balaban J connectivity index is 2.48. The van der Waals surface area contributed by atoms with Crippen LogP contribution in [0.4, 0.5) is 5.69 Å². The first-order valence-electron chi connectivity index (χ1n) is 10.4. The van der Waals surface area contributed by atoms with Gasteiger partial charge in [0.15, 0.2) is 0 Å². The van der Waals surface area contributed by atoms with Gasteiger partial charge in [-0.05, 0) is 67.9 Å². The Morgan fingerprint density at radius 3 is 2.12 bits per heavy atom. The molecule has 186 valence electrons. The number of carbonyl (C=O) groups excluding carboxylic acids is 2.